The van der Waals surface area contributed by atoms with Crippen molar-refractivity contribution in [1.82, 2.24) is 4.90 Å². The minimum atomic E-state index is -1.03. The Bertz CT molecular complexity index is 1710. The molecule has 0 bridgehead atoms. The molecule has 3 aromatic rings. The SMILES string of the molecule is CCOc1ccc(N2CC=C[C@H]3S[C@]45C=CCN(c6ccc(OC)cc6)C(=O)C4N([C@H](CO)c4ccccc4)C(=O)[C@@H]5[C@H]3C2=O)cc1. The standard InChI is InChI=1S/C37H37N3O6S/c1-3-46-28-18-14-25(15-19-28)38-21-7-11-30-31(34(38)42)32-35(43)40(29(23-41)24-9-5-4-6-10-24)33-36(44)39(22-8-20-37(32,33)47-30)26-12-16-27(45-2)17-13-26/h4-20,29-33,41H,3,21-23H2,1-2H3/t29-,30-,31+,32+,33?,37+/m1/s1. The lowest BCUT2D eigenvalue weighted by Crippen LogP contribution is -2.54. The smallest absolute Gasteiger partial charge is 0.251 e. The van der Waals surface area contributed by atoms with Gasteiger partial charge in [0.25, 0.3) is 5.91 Å². The Labute approximate surface area is 278 Å². The minimum Gasteiger partial charge on any atom is -0.497 e. The van der Waals surface area contributed by atoms with Crippen molar-refractivity contribution in [2.45, 2.75) is 29.0 Å². The molecule has 47 heavy (non-hydrogen) atoms. The third-order valence-electron chi connectivity index (χ3n) is 9.63. The third-order valence-corrected chi connectivity index (χ3v) is 11.4. The number of nitrogens with zero attached hydrogens (tertiary/aromatic N) is 3. The number of hydrogen-bond donors (Lipinski definition) is 1. The highest BCUT2D eigenvalue weighted by molar-refractivity contribution is 8.02. The van der Waals surface area contributed by atoms with Crippen LogP contribution in [0.15, 0.2) is 103 Å². The lowest BCUT2D eigenvalue weighted by atomic mass is 9.78. The highest BCUT2D eigenvalue weighted by atomic mass is 32.2. The summed E-state index contributed by atoms with van der Waals surface area (Å²) in [4.78, 5) is 49.4. The zero-order valence-corrected chi connectivity index (χ0v) is 27.1. The van der Waals surface area contributed by atoms with E-state index < -0.39 is 28.7 Å². The second kappa shape index (κ2) is 12.6. The molecule has 1 unspecified atom stereocenters. The molecule has 4 heterocycles. The van der Waals surface area contributed by atoms with Gasteiger partial charge in [-0.1, -0.05) is 54.6 Å². The maximum Gasteiger partial charge on any atom is 0.251 e. The third kappa shape index (κ3) is 5.10. The van der Waals surface area contributed by atoms with Gasteiger partial charge in [-0.15, -0.1) is 11.8 Å². The van der Waals surface area contributed by atoms with Crippen LogP contribution in [-0.4, -0.2) is 77.2 Å². The molecule has 0 aliphatic carbocycles. The van der Waals surface area contributed by atoms with Gasteiger partial charge < -0.3 is 29.3 Å². The van der Waals surface area contributed by atoms with Gasteiger partial charge in [-0.05, 0) is 61.0 Å². The van der Waals surface area contributed by atoms with Crippen LogP contribution in [0.3, 0.4) is 0 Å². The number of carbonyl (C=O) groups is 3. The lowest BCUT2D eigenvalue weighted by Gasteiger charge is -2.38. The molecule has 2 fully saturated rings. The maximum atomic E-state index is 14.9. The van der Waals surface area contributed by atoms with Crippen LogP contribution in [0.2, 0.25) is 0 Å². The van der Waals surface area contributed by atoms with Gasteiger partial charge in [0.1, 0.15) is 17.5 Å². The number of aliphatic hydroxyl groups excluding tert-OH is 1. The van der Waals surface area contributed by atoms with Crippen molar-refractivity contribution in [1.29, 1.82) is 0 Å². The number of rotatable bonds is 8. The molecule has 1 N–H and O–H groups in total. The van der Waals surface area contributed by atoms with Gasteiger partial charge in [0.15, 0.2) is 0 Å². The predicted molar refractivity (Wildman–Crippen MR) is 182 cm³/mol. The highest BCUT2D eigenvalue weighted by Crippen LogP contribution is 2.62. The molecular formula is C37H37N3O6S. The largest absolute Gasteiger partial charge is 0.497 e. The molecule has 0 radical (unpaired) electrons. The van der Waals surface area contributed by atoms with Gasteiger partial charge in [-0.2, -0.15) is 0 Å². The zero-order valence-electron chi connectivity index (χ0n) is 26.3. The molecule has 242 valence electrons. The van der Waals surface area contributed by atoms with E-state index in [1.165, 1.54) is 11.8 Å². The molecule has 7 rings (SSSR count). The number of fused-ring (bicyclic) bond motifs is 2. The molecule has 0 saturated carbocycles. The molecule has 9 nitrogen and oxygen atoms in total. The number of aliphatic hydroxyl groups is 1. The molecule has 6 atom stereocenters. The summed E-state index contributed by atoms with van der Waals surface area (Å²) < 4.78 is 9.92. The Kier molecular flexibility index (Phi) is 8.32. The molecule has 4 aliphatic rings. The molecule has 1 spiro atoms. The predicted octanol–water partition coefficient (Wildman–Crippen LogP) is 4.63. The van der Waals surface area contributed by atoms with Crippen molar-refractivity contribution in [3.05, 3.63) is 109 Å². The summed E-state index contributed by atoms with van der Waals surface area (Å²) in [5.74, 6) is -0.880. The molecule has 3 amide bonds. The first kappa shape index (κ1) is 31.1. The van der Waals surface area contributed by atoms with Crippen molar-refractivity contribution in [2.24, 2.45) is 11.8 Å². The van der Waals surface area contributed by atoms with Gasteiger partial charge in [0, 0.05) is 29.7 Å². The summed E-state index contributed by atoms with van der Waals surface area (Å²) in [6.07, 6.45) is 7.93. The summed E-state index contributed by atoms with van der Waals surface area (Å²) in [5, 5.41) is 10.5. The van der Waals surface area contributed by atoms with Crippen LogP contribution in [-0.2, 0) is 14.4 Å². The summed E-state index contributed by atoms with van der Waals surface area (Å²) in [6.45, 7) is 2.74. The van der Waals surface area contributed by atoms with Crippen molar-refractivity contribution >= 4 is 40.9 Å². The average molecular weight is 652 g/mol. The Balaban J connectivity index is 1.33. The number of carbonyl (C=O) groups excluding carboxylic acids is 3. The monoisotopic (exact) mass is 651 g/mol. The number of likely N-dealkylation sites (tertiary alicyclic amines) is 1. The first-order valence-corrected chi connectivity index (χ1v) is 16.8. The van der Waals surface area contributed by atoms with Gasteiger partial charge >= 0.3 is 0 Å². The van der Waals surface area contributed by atoms with E-state index in [1.54, 1.807) is 33.9 Å². The van der Waals surface area contributed by atoms with Crippen LogP contribution in [0.4, 0.5) is 11.4 Å². The fraction of sp³-hybridized carbons (Fsp3) is 0.324. The van der Waals surface area contributed by atoms with Crippen molar-refractivity contribution < 1.29 is 29.0 Å². The fourth-order valence-corrected chi connectivity index (χ4v) is 9.55. The molecule has 4 aliphatic heterocycles. The molecular weight excluding hydrogens is 614 g/mol. The Morgan fingerprint density at radius 1 is 0.851 bits per heavy atom. The van der Waals surface area contributed by atoms with E-state index in [0.29, 0.717) is 42.6 Å². The van der Waals surface area contributed by atoms with Crippen molar-refractivity contribution in [2.75, 3.05) is 43.2 Å². The lowest BCUT2D eigenvalue weighted by molar-refractivity contribution is -0.141. The van der Waals surface area contributed by atoms with Gasteiger partial charge in [0.05, 0.1) is 42.9 Å². The fourth-order valence-electron chi connectivity index (χ4n) is 7.56. The van der Waals surface area contributed by atoms with E-state index in [9.17, 15) is 19.5 Å². The highest BCUT2D eigenvalue weighted by Gasteiger charge is 2.72. The van der Waals surface area contributed by atoms with Gasteiger partial charge in [0.2, 0.25) is 11.8 Å². The topological polar surface area (TPSA) is 99.6 Å². The van der Waals surface area contributed by atoms with E-state index in [-0.39, 0.29) is 29.6 Å². The Hall–Kier alpha value is -4.54. The van der Waals surface area contributed by atoms with Crippen LogP contribution in [0.5, 0.6) is 11.5 Å². The zero-order chi connectivity index (χ0) is 32.7. The van der Waals surface area contributed by atoms with E-state index in [0.717, 1.165) is 5.56 Å². The number of benzene rings is 3. The van der Waals surface area contributed by atoms with E-state index in [4.69, 9.17) is 9.47 Å². The summed E-state index contributed by atoms with van der Waals surface area (Å²) >= 11 is 1.52. The van der Waals surface area contributed by atoms with Crippen LogP contribution in [0, 0.1) is 11.8 Å². The average Bonchev–Trinajstić information content (AvgIpc) is 3.41. The number of amides is 3. The second-order valence-corrected chi connectivity index (χ2v) is 13.5. The molecule has 2 saturated heterocycles. The van der Waals surface area contributed by atoms with Crippen LogP contribution in [0.25, 0.3) is 0 Å². The Morgan fingerprint density at radius 3 is 2.13 bits per heavy atom. The molecule has 10 heteroatoms. The van der Waals surface area contributed by atoms with Crippen LogP contribution < -0.4 is 19.3 Å². The van der Waals surface area contributed by atoms with Crippen LogP contribution in [0.1, 0.15) is 18.5 Å². The summed E-state index contributed by atoms with van der Waals surface area (Å²) in [6, 6.07) is 22.2. The normalized spacial score (nSPS) is 27.2. The first-order chi connectivity index (χ1) is 22.9. The van der Waals surface area contributed by atoms with Crippen molar-refractivity contribution in [3.8, 4) is 11.5 Å². The first-order valence-electron chi connectivity index (χ1n) is 15.9. The summed E-state index contributed by atoms with van der Waals surface area (Å²) in [5.41, 5.74) is 2.10. The van der Waals surface area contributed by atoms with Crippen molar-refractivity contribution in [3.63, 3.8) is 0 Å². The molecule has 3 aromatic carbocycles. The number of thioether (sulfide) groups is 1. The van der Waals surface area contributed by atoms with Gasteiger partial charge in [-0.3, -0.25) is 14.4 Å². The Morgan fingerprint density at radius 2 is 1.49 bits per heavy atom. The maximum absolute atomic E-state index is 14.9. The number of anilines is 2. The second-order valence-electron chi connectivity index (χ2n) is 12.0. The van der Waals surface area contributed by atoms with E-state index in [2.05, 4.69) is 0 Å². The van der Waals surface area contributed by atoms with Crippen LogP contribution >= 0.6 is 11.8 Å². The summed E-state index contributed by atoms with van der Waals surface area (Å²) in [7, 11) is 1.59. The van der Waals surface area contributed by atoms with E-state index >= 15 is 0 Å². The quantitative estimate of drug-likeness (QED) is 0.355. The van der Waals surface area contributed by atoms with Gasteiger partial charge in [-0.25, -0.2) is 0 Å². The minimum absolute atomic E-state index is 0.162. The number of methoxy groups -OCH3 is 1. The number of hydrogen-bond acceptors (Lipinski definition) is 7. The molecule has 0 aromatic heterocycles. The number of ether oxygens (including phenoxy) is 2. The van der Waals surface area contributed by atoms with E-state index in [1.807, 2.05) is 98.0 Å².